The number of hydrogen-bond donors (Lipinski definition) is 3. The van der Waals surface area contributed by atoms with Gasteiger partial charge in [0.15, 0.2) is 6.10 Å². The van der Waals surface area contributed by atoms with Gasteiger partial charge >= 0.3 is 0 Å². The van der Waals surface area contributed by atoms with Crippen LogP contribution < -0.4 is 5.32 Å². The van der Waals surface area contributed by atoms with Gasteiger partial charge in [-0.3, -0.25) is 19.4 Å². The number of pyridine rings is 1. The number of aryl methyl sites for hydroxylation is 1. The van der Waals surface area contributed by atoms with E-state index in [0.717, 1.165) is 16.7 Å². The zero-order valence-corrected chi connectivity index (χ0v) is 23.4. The molecule has 4 atom stereocenters. The second kappa shape index (κ2) is 10.9. The van der Waals surface area contributed by atoms with E-state index in [9.17, 15) is 24.6 Å². The van der Waals surface area contributed by atoms with Crippen molar-refractivity contribution in [2.24, 2.45) is 0 Å². The summed E-state index contributed by atoms with van der Waals surface area (Å²) in [6.45, 7) is 5.91. The molecule has 2 aliphatic rings. The van der Waals surface area contributed by atoms with Crippen LogP contribution in [0.4, 0.5) is 0 Å². The van der Waals surface area contributed by atoms with E-state index >= 15 is 0 Å². The number of aromatic nitrogens is 1. The second-order valence-electron chi connectivity index (χ2n) is 10.4. The summed E-state index contributed by atoms with van der Waals surface area (Å²) in [5.41, 5.74) is 3.44. The van der Waals surface area contributed by atoms with Gasteiger partial charge in [-0.2, -0.15) is 0 Å². The maximum atomic E-state index is 13.7. The van der Waals surface area contributed by atoms with Crippen LogP contribution in [0.5, 0.6) is 5.75 Å². The third-order valence-electron chi connectivity index (χ3n) is 7.91. The van der Waals surface area contributed by atoms with Gasteiger partial charge in [-0.25, -0.2) is 0 Å². The summed E-state index contributed by atoms with van der Waals surface area (Å²) in [6, 6.07) is 14.1. The second-order valence-corrected chi connectivity index (χ2v) is 11.8. The molecule has 0 radical (unpaired) electrons. The lowest BCUT2D eigenvalue weighted by molar-refractivity contribution is -0.168. The third-order valence-corrected chi connectivity index (χ3v) is 9.34. The molecule has 1 aromatic heterocycles. The largest absolute Gasteiger partial charge is 0.508 e. The van der Waals surface area contributed by atoms with E-state index < -0.39 is 34.9 Å². The number of β-lactam (4-membered cyclic amide) rings is 1. The summed E-state index contributed by atoms with van der Waals surface area (Å²) in [4.78, 5) is 47.0. The maximum absolute atomic E-state index is 13.7. The van der Waals surface area contributed by atoms with Crippen molar-refractivity contribution in [3.05, 3.63) is 94.8 Å². The van der Waals surface area contributed by atoms with E-state index in [-0.39, 0.29) is 29.5 Å². The van der Waals surface area contributed by atoms with Crippen molar-refractivity contribution in [1.82, 2.24) is 20.1 Å². The number of rotatable bonds is 8. The van der Waals surface area contributed by atoms with Crippen molar-refractivity contribution >= 4 is 29.5 Å². The Morgan fingerprint density at radius 3 is 2.62 bits per heavy atom. The molecule has 0 spiro atoms. The molecule has 208 valence electrons. The Kier molecular flexibility index (Phi) is 7.57. The zero-order valence-electron chi connectivity index (χ0n) is 22.6. The lowest BCUT2D eigenvalue weighted by Gasteiger charge is -2.52. The fourth-order valence-electron chi connectivity index (χ4n) is 5.36. The predicted molar refractivity (Wildman–Crippen MR) is 151 cm³/mol. The molecular weight excluding hydrogens is 528 g/mol. The van der Waals surface area contributed by atoms with Crippen LogP contribution in [-0.4, -0.2) is 71.7 Å². The summed E-state index contributed by atoms with van der Waals surface area (Å²) >= 11 is 1.48. The van der Waals surface area contributed by atoms with Gasteiger partial charge in [0, 0.05) is 30.1 Å². The van der Waals surface area contributed by atoms with Crippen LogP contribution in [0.1, 0.15) is 39.5 Å². The van der Waals surface area contributed by atoms with Gasteiger partial charge in [0.05, 0.1) is 11.9 Å². The highest BCUT2D eigenvalue weighted by Gasteiger charge is 2.65. The number of carbonyl (C=O) groups excluding carboxylic acids is 3. The number of thioether (sulfide) groups is 1. The Hall–Kier alpha value is -3.89. The first-order chi connectivity index (χ1) is 19.1. The number of phenolic OH excluding ortho intramolecular Hbond substituents is 1. The number of aliphatic hydroxyl groups is 1. The number of carbonyl (C=O) groups is 3. The normalized spacial score (nSPS) is 21.4. The SMILES string of the molecule is Cc1ccncc1CN1C(=O)[C@H]2N(C(=O)[C@@H](O)C(Cc3ccccc3)NC(=O)c3cccc(O)c3C)CSC21C. The number of nitrogens with zero attached hydrogens (tertiary/aromatic N) is 3. The minimum absolute atomic E-state index is 0.0215. The molecule has 2 aromatic carbocycles. The van der Waals surface area contributed by atoms with Crippen LogP contribution in [0.2, 0.25) is 0 Å². The molecule has 40 heavy (non-hydrogen) atoms. The van der Waals surface area contributed by atoms with E-state index in [1.807, 2.05) is 50.2 Å². The quantitative estimate of drug-likeness (QED) is 0.362. The molecule has 3 N–H and O–H groups in total. The number of phenols is 1. The molecule has 2 aliphatic heterocycles. The summed E-state index contributed by atoms with van der Waals surface area (Å²) in [7, 11) is 0. The van der Waals surface area contributed by atoms with Crippen LogP contribution in [0.15, 0.2) is 67.0 Å². The van der Waals surface area contributed by atoms with Gasteiger partial charge in [-0.05, 0) is 62.1 Å². The first kappa shape index (κ1) is 27.7. The number of hydrogen-bond acceptors (Lipinski definition) is 7. The summed E-state index contributed by atoms with van der Waals surface area (Å²) in [6.07, 6.45) is 2.06. The molecule has 2 unspecified atom stereocenters. The first-order valence-corrected chi connectivity index (χ1v) is 14.1. The Morgan fingerprint density at radius 2 is 1.90 bits per heavy atom. The molecule has 0 aliphatic carbocycles. The molecule has 3 heterocycles. The number of nitrogens with one attached hydrogen (secondary N) is 1. The number of likely N-dealkylation sites (tertiary alicyclic amines) is 1. The topological polar surface area (TPSA) is 123 Å². The smallest absolute Gasteiger partial charge is 0.255 e. The first-order valence-electron chi connectivity index (χ1n) is 13.1. The van der Waals surface area contributed by atoms with Crippen molar-refractivity contribution < 1.29 is 24.6 Å². The van der Waals surface area contributed by atoms with E-state index in [4.69, 9.17) is 0 Å². The molecule has 0 saturated carbocycles. The van der Waals surface area contributed by atoms with Crippen molar-refractivity contribution in [3.63, 3.8) is 0 Å². The number of amides is 3. The number of benzene rings is 2. The molecule has 9 nitrogen and oxygen atoms in total. The molecule has 0 bridgehead atoms. The average Bonchev–Trinajstić information content (AvgIpc) is 3.26. The average molecular weight is 561 g/mol. The van der Waals surface area contributed by atoms with E-state index in [0.29, 0.717) is 12.1 Å². The van der Waals surface area contributed by atoms with Gasteiger partial charge < -0.3 is 25.3 Å². The van der Waals surface area contributed by atoms with E-state index in [1.54, 1.807) is 36.4 Å². The van der Waals surface area contributed by atoms with Crippen molar-refractivity contribution in [1.29, 1.82) is 0 Å². The Bertz CT molecular complexity index is 1450. The van der Waals surface area contributed by atoms with Gasteiger partial charge in [0.25, 0.3) is 11.8 Å². The van der Waals surface area contributed by atoms with E-state index in [2.05, 4.69) is 10.3 Å². The van der Waals surface area contributed by atoms with Crippen LogP contribution >= 0.6 is 11.8 Å². The fourth-order valence-corrected chi connectivity index (χ4v) is 6.73. The summed E-state index contributed by atoms with van der Waals surface area (Å²) in [5, 5.41) is 24.2. The molecule has 3 aromatic rings. The lowest BCUT2D eigenvalue weighted by Crippen LogP contribution is -2.73. The molecule has 2 saturated heterocycles. The Morgan fingerprint density at radius 1 is 1.15 bits per heavy atom. The van der Waals surface area contributed by atoms with Crippen molar-refractivity contribution in [3.8, 4) is 5.75 Å². The highest BCUT2D eigenvalue weighted by molar-refractivity contribution is 8.01. The summed E-state index contributed by atoms with van der Waals surface area (Å²) < 4.78 is 0. The van der Waals surface area contributed by atoms with E-state index in [1.165, 1.54) is 22.7 Å². The van der Waals surface area contributed by atoms with Gasteiger partial charge in [-0.15, -0.1) is 11.8 Å². The Balaban J connectivity index is 1.35. The van der Waals surface area contributed by atoms with Crippen LogP contribution in [-0.2, 0) is 22.6 Å². The van der Waals surface area contributed by atoms with Crippen molar-refractivity contribution in [2.75, 3.05) is 5.88 Å². The maximum Gasteiger partial charge on any atom is 0.255 e. The molecular formula is C30H32N4O5S. The molecule has 2 fully saturated rings. The summed E-state index contributed by atoms with van der Waals surface area (Å²) in [5.74, 6) is -1.09. The highest BCUT2D eigenvalue weighted by atomic mass is 32.2. The number of aliphatic hydroxyl groups excluding tert-OH is 1. The van der Waals surface area contributed by atoms with Crippen molar-refractivity contribution in [2.45, 2.75) is 56.8 Å². The van der Waals surface area contributed by atoms with Crippen LogP contribution in [0, 0.1) is 13.8 Å². The molecule has 10 heteroatoms. The van der Waals surface area contributed by atoms with Crippen LogP contribution in [0.3, 0.4) is 0 Å². The molecule has 5 rings (SSSR count). The van der Waals surface area contributed by atoms with Gasteiger partial charge in [0.2, 0.25) is 5.91 Å². The standard InChI is InChI=1S/C30H32N4O5S/c1-18-12-13-31-15-21(18)16-34-29(39)26-30(34,3)40-17-33(26)28(38)25(36)23(14-20-8-5-4-6-9-20)32-27(37)22-10-7-11-24(35)19(22)2/h4-13,15,23,25-26,35-36H,14,16-17H2,1-3H3,(H,32,37)/t23?,25-,26+,30?/m0/s1. The predicted octanol–water partition coefficient (Wildman–Crippen LogP) is 2.77. The monoisotopic (exact) mass is 560 g/mol. The zero-order chi connectivity index (χ0) is 28.6. The Labute approximate surface area is 237 Å². The lowest BCUT2D eigenvalue weighted by atomic mass is 9.92. The highest BCUT2D eigenvalue weighted by Crippen LogP contribution is 2.51. The third kappa shape index (κ3) is 4.93. The molecule has 3 amide bonds. The number of aromatic hydroxyl groups is 1. The number of fused-ring (bicyclic) bond motifs is 1. The fraction of sp³-hybridized carbons (Fsp3) is 0.333. The van der Waals surface area contributed by atoms with Crippen LogP contribution in [0.25, 0.3) is 0 Å². The van der Waals surface area contributed by atoms with Gasteiger partial charge in [-0.1, -0.05) is 36.4 Å². The van der Waals surface area contributed by atoms with Gasteiger partial charge in [0.1, 0.15) is 16.7 Å². The minimum Gasteiger partial charge on any atom is -0.508 e. The minimum atomic E-state index is -1.59.